The summed E-state index contributed by atoms with van der Waals surface area (Å²) in [4.78, 5) is 18.7. The van der Waals surface area contributed by atoms with E-state index >= 15 is 0 Å². The van der Waals surface area contributed by atoms with Gasteiger partial charge in [-0.15, -0.1) is 0 Å². The second kappa shape index (κ2) is 5.43. The fourth-order valence-electron chi connectivity index (χ4n) is 1.77. The largest absolute Gasteiger partial charge is 0.360 e. The first kappa shape index (κ1) is 12.9. The number of aromatic nitrogens is 2. The summed E-state index contributed by atoms with van der Waals surface area (Å²) in [5.74, 6) is 0.285. The Morgan fingerprint density at radius 3 is 2.68 bits per heavy atom. The van der Waals surface area contributed by atoms with Crippen molar-refractivity contribution in [3.63, 3.8) is 0 Å². The molecule has 0 aromatic carbocycles. The molecule has 2 heterocycles. The summed E-state index contributed by atoms with van der Waals surface area (Å²) in [6.45, 7) is 4.12. The van der Waals surface area contributed by atoms with Crippen LogP contribution < -0.4 is 5.32 Å². The Kier molecular flexibility index (Phi) is 3.70. The molecule has 0 spiro atoms. The second-order valence-corrected chi connectivity index (χ2v) is 4.24. The van der Waals surface area contributed by atoms with E-state index < -0.39 is 4.92 Å². The maximum absolute atomic E-state index is 11.0. The smallest absolute Gasteiger partial charge is 0.314 e. The van der Waals surface area contributed by atoms with Gasteiger partial charge in [0.05, 0.1) is 4.92 Å². The maximum atomic E-state index is 11.0. The Hall–Kier alpha value is -2.50. The Balaban J connectivity index is 2.23. The predicted molar refractivity (Wildman–Crippen MR) is 71.9 cm³/mol. The van der Waals surface area contributed by atoms with E-state index in [1.54, 1.807) is 31.6 Å². The van der Waals surface area contributed by atoms with Crippen molar-refractivity contribution < 1.29 is 4.92 Å². The lowest BCUT2D eigenvalue weighted by molar-refractivity contribution is -0.384. The normalized spacial score (nSPS) is 10.2. The van der Waals surface area contributed by atoms with Gasteiger partial charge in [0.1, 0.15) is 0 Å². The molecule has 0 fully saturated rings. The van der Waals surface area contributed by atoms with Crippen LogP contribution in [0, 0.1) is 24.0 Å². The first-order chi connectivity index (χ1) is 9.09. The van der Waals surface area contributed by atoms with E-state index in [-0.39, 0.29) is 11.5 Å². The van der Waals surface area contributed by atoms with E-state index in [0.29, 0.717) is 12.1 Å². The molecule has 2 aromatic rings. The van der Waals surface area contributed by atoms with Gasteiger partial charge in [-0.1, -0.05) is 0 Å². The topological polar surface area (TPSA) is 81.0 Å². The summed E-state index contributed by atoms with van der Waals surface area (Å²) in [5.41, 5.74) is 2.67. The minimum atomic E-state index is -0.416. The molecule has 0 bridgehead atoms. The Labute approximate surface area is 110 Å². The Morgan fingerprint density at radius 1 is 1.26 bits per heavy atom. The number of rotatable bonds is 4. The van der Waals surface area contributed by atoms with Crippen molar-refractivity contribution in [1.29, 1.82) is 0 Å². The van der Waals surface area contributed by atoms with Crippen LogP contribution in [0.5, 0.6) is 0 Å². The lowest BCUT2D eigenvalue weighted by Crippen LogP contribution is -2.07. The molecule has 0 atom stereocenters. The van der Waals surface area contributed by atoms with Crippen LogP contribution in [-0.2, 0) is 6.54 Å². The van der Waals surface area contributed by atoms with E-state index in [0.717, 1.165) is 11.1 Å². The van der Waals surface area contributed by atoms with Crippen molar-refractivity contribution >= 4 is 11.5 Å². The number of anilines is 1. The summed E-state index contributed by atoms with van der Waals surface area (Å²) < 4.78 is 0. The highest BCUT2D eigenvalue weighted by Gasteiger charge is 2.18. The molecule has 0 aliphatic carbocycles. The third-order valence-electron chi connectivity index (χ3n) is 2.90. The van der Waals surface area contributed by atoms with Crippen molar-refractivity contribution in [2.24, 2.45) is 0 Å². The summed E-state index contributed by atoms with van der Waals surface area (Å²) in [6, 6.07) is 3.52. The number of pyridine rings is 2. The van der Waals surface area contributed by atoms with Crippen LogP contribution in [-0.4, -0.2) is 14.9 Å². The molecule has 0 aliphatic heterocycles. The monoisotopic (exact) mass is 258 g/mol. The van der Waals surface area contributed by atoms with Gasteiger partial charge in [0, 0.05) is 30.7 Å². The zero-order chi connectivity index (χ0) is 13.8. The highest BCUT2D eigenvalue weighted by molar-refractivity contribution is 5.59. The van der Waals surface area contributed by atoms with Gasteiger partial charge in [-0.05, 0) is 37.1 Å². The molecule has 2 aromatic heterocycles. The van der Waals surface area contributed by atoms with Gasteiger partial charge in [-0.3, -0.25) is 15.1 Å². The summed E-state index contributed by atoms with van der Waals surface area (Å²) >= 11 is 0. The van der Waals surface area contributed by atoms with Crippen molar-refractivity contribution in [2.45, 2.75) is 20.4 Å². The number of nitro groups is 1. The first-order valence-electron chi connectivity index (χ1n) is 5.83. The standard InChI is InChI=1S/C13H14N4O2/c1-9-3-5-14-7-11(9)8-16-13-12(17(18)19)10(2)4-6-15-13/h3-7H,8H2,1-2H3,(H,15,16). The van der Waals surface area contributed by atoms with Crippen molar-refractivity contribution in [3.05, 3.63) is 57.5 Å². The molecular formula is C13H14N4O2. The quantitative estimate of drug-likeness (QED) is 0.673. The molecule has 98 valence electrons. The molecule has 0 amide bonds. The van der Waals surface area contributed by atoms with E-state index in [4.69, 9.17) is 0 Å². The van der Waals surface area contributed by atoms with Gasteiger partial charge in [0.2, 0.25) is 5.82 Å². The highest BCUT2D eigenvalue weighted by atomic mass is 16.6. The second-order valence-electron chi connectivity index (χ2n) is 4.24. The molecule has 6 heteroatoms. The zero-order valence-electron chi connectivity index (χ0n) is 10.8. The lowest BCUT2D eigenvalue weighted by Gasteiger charge is -2.08. The third kappa shape index (κ3) is 2.85. The highest BCUT2D eigenvalue weighted by Crippen LogP contribution is 2.25. The predicted octanol–water partition coefficient (Wildman–Crippen LogP) is 2.61. The van der Waals surface area contributed by atoms with Gasteiger partial charge in [0.15, 0.2) is 0 Å². The molecule has 0 saturated heterocycles. The average molecular weight is 258 g/mol. The third-order valence-corrected chi connectivity index (χ3v) is 2.90. The maximum Gasteiger partial charge on any atom is 0.314 e. The van der Waals surface area contributed by atoms with Crippen LogP contribution in [0.25, 0.3) is 0 Å². The van der Waals surface area contributed by atoms with Crippen LogP contribution in [0.1, 0.15) is 16.7 Å². The van der Waals surface area contributed by atoms with Gasteiger partial charge in [-0.25, -0.2) is 4.98 Å². The molecule has 0 unspecified atom stereocenters. The van der Waals surface area contributed by atoms with E-state index in [1.165, 1.54) is 0 Å². The number of nitrogens with one attached hydrogen (secondary N) is 1. The fraction of sp³-hybridized carbons (Fsp3) is 0.231. The van der Waals surface area contributed by atoms with Crippen LogP contribution in [0.4, 0.5) is 11.5 Å². The summed E-state index contributed by atoms with van der Waals surface area (Å²) in [6.07, 6.45) is 5.01. The number of nitrogens with zero attached hydrogens (tertiary/aromatic N) is 3. The van der Waals surface area contributed by atoms with Crippen LogP contribution in [0.2, 0.25) is 0 Å². The van der Waals surface area contributed by atoms with Crippen molar-refractivity contribution in [3.8, 4) is 0 Å². The Morgan fingerprint density at radius 2 is 2.00 bits per heavy atom. The number of hydrogen-bond donors (Lipinski definition) is 1. The van der Waals surface area contributed by atoms with Crippen molar-refractivity contribution in [1.82, 2.24) is 9.97 Å². The lowest BCUT2D eigenvalue weighted by atomic mass is 10.1. The van der Waals surface area contributed by atoms with Gasteiger partial charge in [-0.2, -0.15) is 0 Å². The first-order valence-corrected chi connectivity index (χ1v) is 5.83. The fourth-order valence-corrected chi connectivity index (χ4v) is 1.77. The molecular weight excluding hydrogens is 244 g/mol. The molecule has 0 saturated carbocycles. The summed E-state index contributed by atoms with van der Waals surface area (Å²) in [5, 5.41) is 14.0. The van der Waals surface area contributed by atoms with Crippen LogP contribution in [0.15, 0.2) is 30.7 Å². The molecule has 6 nitrogen and oxygen atoms in total. The van der Waals surface area contributed by atoms with E-state index in [2.05, 4.69) is 15.3 Å². The average Bonchev–Trinajstić information content (AvgIpc) is 2.37. The van der Waals surface area contributed by atoms with Crippen LogP contribution in [0.3, 0.4) is 0 Å². The Bertz CT molecular complexity index is 613. The van der Waals surface area contributed by atoms with E-state index in [9.17, 15) is 10.1 Å². The number of aryl methyl sites for hydroxylation is 2. The minimum Gasteiger partial charge on any atom is -0.360 e. The zero-order valence-corrected chi connectivity index (χ0v) is 10.8. The minimum absolute atomic E-state index is 0.0176. The van der Waals surface area contributed by atoms with Gasteiger partial charge in [0.25, 0.3) is 0 Å². The SMILES string of the molecule is Cc1ccncc1CNc1nccc(C)c1[N+](=O)[O-]. The van der Waals surface area contributed by atoms with Gasteiger partial charge >= 0.3 is 5.69 Å². The molecule has 1 N–H and O–H groups in total. The molecule has 2 rings (SSSR count). The molecule has 0 radical (unpaired) electrons. The number of hydrogen-bond acceptors (Lipinski definition) is 5. The van der Waals surface area contributed by atoms with E-state index in [1.807, 2.05) is 13.0 Å². The van der Waals surface area contributed by atoms with Crippen molar-refractivity contribution in [2.75, 3.05) is 5.32 Å². The van der Waals surface area contributed by atoms with Crippen LogP contribution >= 0.6 is 0 Å². The molecule has 19 heavy (non-hydrogen) atoms. The molecule has 0 aliphatic rings. The van der Waals surface area contributed by atoms with Gasteiger partial charge < -0.3 is 5.32 Å². The summed E-state index contributed by atoms with van der Waals surface area (Å²) in [7, 11) is 0.